The first kappa shape index (κ1) is 14.5. The number of ether oxygens (including phenoxy) is 1. The largest absolute Gasteiger partial charge is 0.435 e. The van der Waals surface area contributed by atoms with Crippen molar-refractivity contribution in [2.45, 2.75) is 33.0 Å². The van der Waals surface area contributed by atoms with E-state index in [1.54, 1.807) is 12.1 Å². The van der Waals surface area contributed by atoms with Crippen LogP contribution in [0.5, 0.6) is 5.75 Å². The molecule has 0 fully saturated rings. The van der Waals surface area contributed by atoms with Gasteiger partial charge in [-0.2, -0.15) is 8.78 Å². The Morgan fingerprint density at radius 3 is 2.55 bits per heavy atom. The van der Waals surface area contributed by atoms with Gasteiger partial charge in [0.2, 0.25) is 0 Å². The van der Waals surface area contributed by atoms with E-state index in [0.29, 0.717) is 6.54 Å². The Labute approximate surface area is 115 Å². The maximum Gasteiger partial charge on any atom is 0.387 e. The van der Waals surface area contributed by atoms with Gasteiger partial charge >= 0.3 is 6.61 Å². The molecule has 6 heteroatoms. The Morgan fingerprint density at radius 1 is 1.30 bits per heavy atom. The van der Waals surface area contributed by atoms with Crippen LogP contribution in [0.3, 0.4) is 0 Å². The molecular weight excluding hydrogens is 266 g/mol. The number of nitrogens with one attached hydrogen (secondary N) is 1. The molecule has 0 saturated heterocycles. The highest BCUT2D eigenvalue weighted by atomic mass is 19.3. The van der Waals surface area contributed by atoms with Crippen LogP contribution in [-0.2, 0) is 6.54 Å². The molecule has 0 radical (unpaired) electrons. The molecule has 0 aliphatic carbocycles. The van der Waals surface area contributed by atoms with Crippen LogP contribution in [0.2, 0.25) is 0 Å². The predicted octanol–water partition coefficient (Wildman–Crippen LogP) is 3.44. The molecule has 4 nitrogen and oxygen atoms in total. The lowest BCUT2D eigenvalue weighted by Crippen LogP contribution is -2.18. The van der Waals surface area contributed by atoms with Gasteiger partial charge in [0.05, 0.1) is 5.69 Å². The van der Waals surface area contributed by atoms with Crippen LogP contribution in [0.25, 0.3) is 0 Å². The average molecular weight is 282 g/mol. The number of benzene rings is 1. The Bertz CT molecular complexity index is 540. The van der Waals surface area contributed by atoms with Gasteiger partial charge in [0.25, 0.3) is 0 Å². The summed E-state index contributed by atoms with van der Waals surface area (Å²) in [7, 11) is 0. The second kappa shape index (κ2) is 6.47. The van der Waals surface area contributed by atoms with Crippen molar-refractivity contribution in [2.24, 2.45) is 0 Å². The monoisotopic (exact) mass is 282 g/mol. The lowest BCUT2D eigenvalue weighted by molar-refractivity contribution is -0.0498. The van der Waals surface area contributed by atoms with Gasteiger partial charge in [0, 0.05) is 18.7 Å². The van der Waals surface area contributed by atoms with E-state index in [0.717, 1.165) is 17.0 Å². The number of hydrogen-bond donors (Lipinski definition) is 1. The van der Waals surface area contributed by atoms with Gasteiger partial charge in [-0.1, -0.05) is 17.3 Å². The zero-order valence-electron chi connectivity index (χ0n) is 11.3. The van der Waals surface area contributed by atoms with E-state index in [-0.39, 0.29) is 11.8 Å². The topological polar surface area (TPSA) is 47.3 Å². The Balaban J connectivity index is 1.90. The van der Waals surface area contributed by atoms with E-state index in [4.69, 9.17) is 4.52 Å². The van der Waals surface area contributed by atoms with Crippen molar-refractivity contribution in [1.29, 1.82) is 0 Å². The van der Waals surface area contributed by atoms with Gasteiger partial charge in [-0.15, -0.1) is 0 Å². The normalized spacial score (nSPS) is 12.7. The fraction of sp³-hybridized carbons (Fsp3) is 0.357. The minimum Gasteiger partial charge on any atom is -0.435 e. The van der Waals surface area contributed by atoms with Gasteiger partial charge < -0.3 is 14.6 Å². The standard InChI is InChI=1S/C14H16F2N2O2/c1-9-7-12(18-20-9)8-17-10(2)11-3-5-13(6-4-11)19-14(15)16/h3-7,10,14,17H,8H2,1-2H3. The van der Waals surface area contributed by atoms with E-state index in [2.05, 4.69) is 15.2 Å². The third-order valence-electron chi connectivity index (χ3n) is 2.87. The molecule has 0 bridgehead atoms. The molecule has 1 aromatic carbocycles. The summed E-state index contributed by atoms with van der Waals surface area (Å²) in [5.41, 5.74) is 1.80. The van der Waals surface area contributed by atoms with Crippen LogP contribution in [0.1, 0.15) is 30.0 Å². The van der Waals surface area contributed by atoms with Crippen molar-refractivity contribution in [2.75, 3.05) is 0 Å². The molecule has 1 heterocycles. The second-order valence-electron chi connectivity index (χ2n) is 4.48. The van der Waals surface area contributed by atoms with Gasteiger partial charge in [-0.3, -0.25) is 0 Å². The minimum atomic E-state index is -2.80. The number of aryl methyl sites for hydroxylation is 1. The molecule has 0 saturated carbocycles. The highest BCUT2D eigenvalue weighted by Crippen LogP contribution is 2.19. The molecule has 1 unspecified atom stereocenters. The number of nitrogens with zero attached hydrogens (tertiary/aromatic N) is 1. The maximum atomic E-state index is 12.0. The zero-order chi connectivity index (χ0) is 14.5. The Hall–Kier alpha value is -1.95. The summed E-state index contributed by atoms with van der Waals surface area (Å²) < 4.78 is 33.4. The molecule has 0 aliphatic rings. The van der Waals surface area contributed by atoms with Gasteiger partial charge in [-0.05, 0) is 31.5 Å². The van der Waals surface area contributed by atoms with E-state index >= 15 is 0 Å². The van der Waals surface area contributed by atoms with Crippen molar-refractivity contribution >= 4 is 0 Å². The van der Waals surface area contributed by atoms with Gasteiger partial charge in [-0.25, -0.2) is 0 Å². The van der Waals surface area contributed by atoms with E-state index in [1.807, 2.05) is 19.9 Å². The number of aromatic nitrogens is 1. The number of rotatable bonds is 6. The second-order valence-corrected chi connectivity index (χ2v) is 4.48. The predicted molar refractivity (Wildman–Crippen MR) is 69.6 cm³/mol. The van der Waals surface area contributed by atoms with Crippen LogP contribution in [0.15, 0.2) is 34.9 Å². The summed E-state index contributed by atoms with van der Waals surface area (Å²) in [6, 6.07) is 8.49. The quantitative estimate of drug-likeness (QED) is 0.881. The lowest BCUT2D eigenvalue weighted by atomic mass is 10.1. The molecule has 1 N–H and O–H groups in total. The van der Waals surface area contributed by atoms with Crippen molar-refractivity contribution in [3.63, 3.8) is 0 Å². The van der Waals surface area contributed by atoms with Crippen LogP contribution in [0, 0.1) is 6.92 Å². The van der Waals surface area contributed by atoms with E-state index in [1.165, 1.54) is 12.1 Å². The smallest absolute Gasteiger partial charge is 0.387 e. The van der Waals surface area contributed by atoms with Crippen LogP contribution in [0.4, 0.5) is 8.78 Å². The molecule has 0 spiro atoms. The summed E-state index contributed by atoms with van der Waals surface area (Å²) in [6.07, 6.45) is 0. The molecule has 108 valence electrons. The molecule has 1 aromatic heterocycles. The molecular formula is C14H16F2N2O2. The summed E-state index contributed by atoms with van der Waals surface area (Å²) in [5.74, 6) is 0.922. The van der Waals surface area contributed by atoms with Crippen LogP contribution >= 0.6 is 0 Å². The number of alkyl halides is 2. The highest BCUT2D eigenvalue weighted by Gasteiger charge is 2.08. The molecule has 20 heavy (non-hydrogen) atoms. The van der Waals surface area contributed by atoms with Crippen LogP contribution < -0.4 is 10.1 Å². The van der Waals surface area contributed by atoms with Crippen molar-refractivity contribution in [1.82, 2.24) is 10.5 Å². The molecule has 0 amide bonds. The first-order valence-electron chi connectivity index (χ1n) is 6.25. The van der Waals surface area contributed by atoms with Crippen molar-refractivity contribution in [3.05, 3.63) is 47.3 Å². The van der Waals surface area contributed by atoms with E-state index < -0.39 is 6.61 Å². The fourth-order valence-electron chi connectivity index (χ4n) is 1.81. The first-order valence-corrected chi connectivity index (χ1v) is 6.25. The summed E-state index contributed by atoms with van der Waals surface area (Å²) in [6.45, 7) is 1.59. The van der Waals surface area contributed by atoms with Crippen molar-refractivity contribution in [3.8, 4) is 5.75 Å². The summed E-state index contributed by atoms with van der Waals surface area (Å²) >= 11 is 0. The summed E-state index contributed by atoms with van der Waals surface area (Å²) in [4.78, 5) is 0. The lowest BCUT2D eigenvalue weighted by Gasteiger charge is -2.13. The first-order chi connectivity index (χ1) is 9.54. The molecule has 1 atom stereocenters. The number of halogens is 2. The SMILES string of the molecule is Cc1cc(CNC(C)c2ccc(OC(F)F)cc2)no1. The van der Waals surface area contributed by atoms with Gasteiger partial charge in [0.1, 0.15) is 11.5 Å². The Kier molecular flexibility index (Phi) is 4.68. The van der Waals surface area contributed by atoms with Crippen molar-refractivity contribution < 1.29 is 18.0 Å². The van der Waals surface area contributed by atoms with Gasteiger partial charge in [0.15, 0.2) is 0 Å². The Morgan fingerprint density at radius 2 is 2.00 bits per heavy atom. The van der Waals surface area contributed by atoms with Crippen LogP contribution in [-0.4, -0.2) is 11.8 Å². The average Bonchev–Trinajstić information content (AvgIpc) is 2.82. The highest BCUT2D eigenvalue weighted by molar-refractivity contribution is 5.29. The zero-order valence-corrected chi connectivity index (χ0v) is 11.3. The molecule has 2 rings (SSSR count). The third-order valence-corrected chi connectivity index (χ3v) is 2.87. The fourth-order valence-corrected chi connectivity index (χ4v) is 1.81. The third kappa shape index (κ3) is 4.03. The minimum absolute atomic E-state index is 0.0626. The summed E-state index contributed by atoms with van der Waals surface area (Å²) in [5, 5.41) is 7.16. The molecule has 2 aromatic rings. The maximum absolute atomic E-state index is 12.0. The number of hydrogen-bond acceptors (Lipinski definition) is 4. The molecule has 0 aliphatic heterocycles. The van der Waals surface area contributed by atoms with E-state index in [9.17, 15) is 8.78 Å².